The molecule has 0 atom stereocenters. The van der Waals surface area contributed by atoms with Crippen molar-refractivity contribution in [3.63, 3.8) is 0 Å². The second-order valence-corrected chi connectivity index (χ2v) is 6.50. The molecule has 3 rings (SSSR count). The lowest BCUT2D eigenvalue weighted by Gasteiger charge is -2.30. The zero-order valence-electron chi connectivity index (χ0n) is 14.2. The van der Waals surface area contributed by atoms with E-state index in [2.05, 4.69) is 10.2 Å². The Morgan fingerprint density at radius 2 is 1.88 bits per heavy atom. The largest absolute Gasteiger partial charge is 0.425 e. The van der Waals surface area contributed by atoms with Gasteiger partial charge < -0.3 is 9.32 Å². The van der Waals surface area contributed by atoms with E-state index in [1.54, 1.807) is 4.90 Å². The highest BCUT2D eigenvalue weighted by Crippen LogP contribution is 2.29. The molecule has 0 N–H and O–H groups in total. The maximum Gasteiger partial charge on any atom is 0.269 e. The van der Waals surface area contributed by atoms with Gasteiger partial charge in [0.2, 0.25) is 11.8 Å². The van der Waals surface area contributed by atoms with Gasteiger partial charge in [0.1, 0.15) is 0 Å². The van der Waals surface area contributed by atoms with Crippen LogP contribution in [0.25, 0.3) is 0 Å². The fourth-order valence-electron chi connectivity index (χ4n) is 2.88. The molecule has 8 nitrogen and oxygen atoms in total. The van der Waals surface area contributed by atoms with Crippen LogP contribution in [0.1, 0.15) is 60.7 Å². The highest BCUT2D eigenvalue weighted by atomic mass is 16.6. The van der Waals surface area contributed by atoms with Gasteiger partial charge in [0.05, 0.1) is 4.92 Å². The molecule has 8 heteroatoms. The first-order chi connectivity index (χ1) is 12.0. The number of hydrogen-bond donors (Lipinski definition) is 0. The Hall–Kier alpha value is -2.77. The molecule has 0 bridgehead atoms. The monoisotopic (exact) mass is 344 g/mol. The molecule has 1 fully saturated rings. The fraction of sp³-hybridized carbons (Fsp3) is 0.471. The average Bonchev–Trinajstić information content (AvgIpc) is 3.12. The van der Waals surface area contributed by atoms with Crippen LogP contribution in [0.5, 0.6) is 0 Å². The van der Waals surface area contributed by atoms with E-state index in [0.29, 0.717) is 30.4 Å². The maximum absolute atomic E-state index is 12.5. The zero-order valence-corrected chi connectivity index (χ0v) is 14.2. The number of carbonyl (C=O) groups excluding carboxylic acids is 1. The number of non-ortho nitro benzene ring substituents is 1. The van der Waals surface area contributed by atoms with Crippen molar-refractivity contribution in [2.75, 3.05) is 13.1 Å². The first kappa shape index (κ1) is 17.1. The van der Waals surface area contributed by atoms with E-state index in [4.69, 9.17) is 4.42 Å². The summed E-state index contributed by atoms with van der Waals surface area (Å²) in [6.45, 7) is 5.20. The van der Waals surface area contributed by atoms with Gasteiger partial charge in [0, 0.05) is 42.6 Å². The van der Waals surface area contributed by atoms with Crippen molar-refractivity contribution in [1.82, 2.24) is 15.1 Å². The molecule has 1 aromatic carbocycles. The van der Waals surface area contributed by atoms with Crippen LogP contribution in [0.4, 0.5) is 5.69 Å². The van der Waals surface area contributed by atoms with Gasteiger partial charge in [0.25, 0.3) is 11.6 Å². The van der Waals surface area contributed by atoms with Crippen molar-refractivity contribution in [1.29, 1.82) is 0 Å². The van der Waals surface area contributed by atoms with Crippen molar-refractivity contribution in [2.24, 2.45) is 0 Å². The number of amides is 1. The van der Waals surface area contributed by atoms with Crippen molar-refractivity contribution in [2.45, 2.75) is 38.5 Å². The number of nitro benzene ring substituents is 1. The third-order valence-corrected chi connectivity index (χ3v) is 4.41. The summed E-state index contributed by atoms with van der Waals surface area (Å²) in [6, 6.07) is 5.71. The van der Waals surface area contributed by atoms with Gasteiger partial charge >= 0.3 is 0 Å². The summed E-state index contributed by atoms with van der Waals surface area (Å²) in [7, 11) is 0. The lowest BCUT2D eigenvalue weighted by molar-refractivity contribution is -0.384. The second kappa shape index (κ2) is 7.00. The first-order valence-electron chi connectivity index (χ1n) is 8.32. The molecule has 1 aromatic heterocycles. The van der Waals surface area contributed by atoms with Gasteiger partial charge in [-0.25, -0.2) is 0 Å². The molecule has 2 aromatic rings. The zero-order chi connectivity index (χ0) is 18.0. The summed E-state index contributed by atoms with van der Waals surface area (Å²) >= 11 is 0. The number of benzene rings is 1. The van der Waals surface area contributed by atoms with Crippen LogP contribution in [0.15, 0.2) is 28.7 Å². The summed E-state index contributed by atoms with van der Waals surface area (Å²) in [5.41, 5.74) is 0.441. The molecule has 0 saturated carbocycles. The summed E-state index contributed by atoms with van der Waals surface area (Å²) in [4.78, 5) is 24.5. The van der Waals surface area contributed by atoms with Gasteiger partial charge in [0.15, 0.2) is 0 Å². The van der Waals surface area contributed by atoms with Gasteiger partial charge in [-0.2, -0.15) is 0 Å². The minimum atomic E-state index is -0.477. The van der Waals surface area contributed by atoms with Gasteiger partial charge in [-0.05, 0) is 25.0 Å². The molecule has 1 aliphatic heterocycles. The minimum Gasteiger partial charge on any atom is -0.425 e. The lowest BCUT2D eigenvalue weighted by atomic mass is 9.96. The Bertz CT molecular complexity index is 761. The summed E-state index contributed by atoms with van der Waals surface area (Å²) in [5.74, 6) is 1.54. The van der Waals surface area contributed by atoms with Crippen molar-refractivity contribution < 1.29 is 14.1 Å². The first-order valence-corrected chi connectivity index (χ1v) is 8.32. The standard InChI is InChI=1S/C17H20N4O4/c1-11(2)15-18-19-16(25-15)12-7-9-20(10-8-12)17(22)13-3-5-14(6-4-13)21(23)24/h3-6,11-12H,7-10H2,1-2H3. The predicted octanol–water partition coefficient (Wildman–Crippen LogP) is 3.12. The Labute approximate surface area is 145 Å². The summed E-state index contributed by atoms with van der Waals surface area (Å²) in [5, 5.41) is 18.9. The molecule has 132 valence electrons. The molecule has 1 aliphatic rings. The summed E-state index contributed by atoms with van der Waals surface area (Å²) in [6.07, 6.45) is 1.52. The summed E-state index contributed by atoms with van der Waals surface area (Å²) < 4.78 is 5.71. The Kier molecular flexibility index (Phi) is 4.78. The quantitative estimate of drug-likeness (QED) is 0.623. The molecule has 1 amide bonds. The minimum absolute atomic E-state index is 0.0207. The maximum atomic E-state index is 12.5. The van der Waals surface area contributed by atoms with Crippen LogP contribution in [0.3, 0.4) is 0 Å². The molecule has 2 heterocycles. The molecule has 0 aliphatic carbocycles. The van der Waals surface area contributed by atoms with Crippen LogP contribution in [0, 0.1) is 10.1 Å². The lowest BCUT2D eigenvalue weighted by Crippen LogP contribution is -2.38. The van der Waals surface area contributed by atoms with E-state index in [1.165, 1.54) is 24.3 Å². The van der Waals surface area contributed by atoms with Crippen molar-refractivity contribution in [3.8, 4) is 0 Å². The smallest absolute Gasteiger partial charge is 0.269 e. The van der Waals surface area contributed by atoms with E-state index in [1.807, 2.05) is 13.8 Å². The number of rotatable bonds is 4. The topological polar surface area (TPSA) is 102 Å². The predicted molar refractivity (Wildman–Crippen MR) is 89.4 cm³/mol. The molecule has 1 saturated heterocycles. The van der Waals surface area contributed by atoms with Crippen LogP contribution in [0.2, 0.25) is 0 Å². The van der Waals surface area contributed by atoms with E-state index in [-0.39, 0.29) is 23.4 Å². The average molecular weight is 344 g/mol. The number of likely N-dealkylation sites (tertiary alicyclic amines) is 1. The SMILES string of the molecule is CC(C)c1nnc(C2CCN(C(=O)c3ccc([N+](=O)[O-])cc3)CC2)o1. The van der Waals surface area contributed by atoms with Crippen LogP contribution in [-0.2, 0) is 0 Å². The number of piperidine rings is 1. The van der Waals surface area contributed by atoms with Gasteiger partial charge in [-0.15, -0.1) is 10.2 Å². The highest BCUT2D eigenvalue weighted by Gasteiger charge is 2.28. The second-order valence-electron chi connectivity index (χ2n) is 6.50. The van der Waals surface area contributed by atoms with E-state index in [0.717, 1.165) is 12.8 Å². The highest BCUT2D eigenvalue weighted by molar-refractivity contribution is 5.94. The van der Waals surface area contributed by atoms with E-state index >= 15 is 0 Å². The van der Waals surface area contributed by atoms with Crippen molar-refractivity contribution >= 4 is 11.6 Å². The van der Waals surface area contributed by atoms with Gasteiger partial charge in [-0.3, -0.25) is 14.9 Å². The van der Waals surface area contributed by atoms with E-state index in [9.17, 15) is 14.9 Å². The number of aromatic nitrogens is 2. The molecule has 0 unspecified atom stereocenters. The number of nitro groups is 1. The molecular weight excluding hydrogens is 324 g/mol. The van der Waals surface area contributed by atoms with Crippen molar-refractivity contribution in [3.05, 3.63) is 51.7 Å². The molecule has 0 radical (unpaired) electrons. The third-order valence-electron chi connectivity index (χ3n) is 4.41. The Balaban J connectivity index is 1.61. The van der Waals surface area contributed by atoms with E-state index < -0.39 is 4.92 Å². The Morgan fingerprint density at radius 3 is 2.40 bits per heavy atom. The third kappa shape index (κ3) is 3.67. The Morgan fingerprint density at radius 1 is 1.24 bits per heavy atom. The van der Waals surface area contributed by atoms with Crippen LogP contribution in [-0.4, -0.2) is 39.0 Å². The van der Waals surface area contributed by atoms with Crippen LogP contribution >= 0.6 is 0 Å². The van der Waals surface area contributed by atoms with Crippen LogP contribution < -0.4 is 0 Å². The normalized spacial score (nSPS) is 15.6. The molecular formula is C17H20N4O4. The number of carbonyl (C=O) groups is 1. The molecule has 0 spiro atoms. The number of nitrogens with zero attached hydrogens (tertiary/aromatic N) is 4. The fourth-order valence-corrected chi connectivity index (χ4v) is 2.88. The molecule has 25 heavy (non-hydrogen) atoms. The number of hydrogen-bond acceptors (Lipinski definition) is 6. The van der Waals surface area contributed by atoms with Gasteiger partial charge in [-0.1, -0.05) is 13.8 Å².